The number of hydrogen-bond acceptors (Lipinski definition) is 1. The molecule has 1 atom stereocenters. The average molecular weight is 247 g/mol. The van der Waals surface area contributed by atoms with E-state index in [1.54, 1.807) is 12.1 Å². The molecule has 0 amide bonds. The molecule has 18 heavy (non-hydrogen) atoms. The molecule has 2 aromatic rings. The van der Waals surface area contributed by atoms with E-state index in [2.05, 4.69) is 0 Å². The number of nitrogens with zero attached hydrogens (tertiary/aromatic N) is 1. The van der Waals surface area contributed by atoms with Gasteiger partial charge >= 0.3 is 0 Å². The topological polar surface area (TPSA) is 25.2 Å². The quantitative estimate of drug-likeness (QED) is 0.880. The highest BCUT2D eigenvalue weighted by atomic mass is 19.1. The summed E-state index contributed by atoms with van der Waals surface area (Å²) < 4.78 is 15.4. The third-order valence-electron chi connectivity index (χ3n) is 3.06. The minimum Gasteiger partial charge on any atom is -0.388 e. The van der Waals surface area contributed by atoms with Crippen LogP contribution in [0.1, 0.15) is 31.1 Å². The van der Waals surface area contributed by atoms with Gasteiger partial charge in [0.15, 0.2) is 0 Å². The normalized spacial score (nSPS) is 12.9. The Kier molecular flexibility index (Phi) is 3.82. The van der Waals surface area contributed by atoms with E-state index in [0.717, 1.165) is 5.56 Å². The van der Waals surface area contributed by atoms with Crippen molar-refractivity contribution in [2.45, 2.75) is 26.5 Å². The van der Waals surface area contributed by atoms with Crippen molar-refractivity contribution in [3.05, 3.63) is 59.7 Å². The molecule has 0 spiro atoms. The molecule has 0 aliphatic heterocycles. The average Bonchev–Trinajstić information content (AvgIpc) is 2.79. The maximum atomic E-state index is 13.5. The van der Waals surface area contributed by atoms with E-state index < -0.39 is 6.10 Å². The van der Waals surface area contributed by atoms with Crippen molar-refractivity contribution in [3.8, 4) is 0 Å². The maximum Gasteiger partial charge on any atom is 0.128 e. The fourth-order valence-corrected chi connectivity index (χ4v) is 1.94. The van der Waals surface area contributed by atoms with Gasteiger partial charge in [-0.3, -0.25) is 0 Å². The highest BCUT2D eigenvalue weighted by Crippen LogP contribution is 2.22. The van der Waals surface area contributed by atoms with Crippen LogP contribution in [0.5, 0.6) is 0 Å². The van der Waals surface area contributed by atoms with Crippen molar-refractivity contribution in [2.24, 2.45) is 5.92 Å². The van der Waals surface area contributed by atoms with Gasteiger partial charge in [-0.25, -0.2) is 4.39 Å². The number of benzene rings is 1. The number of aliphatic hydroxyl groups excluding tert-OH is 1. The number of hydrogen-bond donors (Lipinski definition) is 1. The van der Waals surface area contributed by atoms with Gasteiger partial charge in [-0.15, -0.1) is 0 Å². The van der Waals surface area contributed by atoms with Crippen molar-refractivity contribution in [1.82, 2.24) is 4.57 Å². The van der Waals surface area contributed by atoms with Crippen LogP contribution in [0.2, 0.25) is 0 Å². The zero-order valence-corrected chi connectivity index (χ0v) is 10.7. The molecule has 3 heteroatoms. The van der Waals surface area contributed by atoms with Crippen molar-refractivity contribution >= 4 is 0 Å². The molecule has 1 aromatic carbocycles. The zero-order valence-electron chi connectivity index (χ0n) is 10.7. The summed E-state index contributed by atoms with van der Waals surface area (Å²) in [5.41, 5.74) is 1.53. The number of aliphatic hydroxyl groups is 1. The molecule has 2 rings (SSSR count). The van der Waals surface area contributed by atoms with Gasteiger partial charge in [0.05, 0.1) is 6.10 Å². The summed E-state index contributed by atoms with van der Waals surface area (Å²) in [7, 11) is 0. The summed E-state index contributed by atoms with van der Waals surface area (Å²) in [4.78, 5) is 0. The predicted octanol–water partition coefficient (Wildman–Crippen LogP) is 3.36. The van der Waals surface area contributed by atoms with E-state index in [4.69, 9.17) is 0 Å². The van der Waals surface area contributed by atoms with Crippen molar-refractivity contribution in [3.63, 3.8) is 0 Å². The molecule has 1 aromatic heterocycles. The summed E-state index contributed by atoms with van der Waals surface area (Å²) in [5, 5.41) is 9.94. The number of halogens is 1. The largest absolute Gasteiger partial charge is 0.388 e. The van der Waals surface area contributed by atoms with Gasteiger partial charge in [-0.2, -0.15) is 0 Å². The Hall–Kier alpha value is -1.61. The molecule has 0 saturated heterocycles. The lowest BCUT2D eigenvalue weighted by Crippen LogP contribution is -2.04. The standard InChI is InChI=1S/C15H18FNO/c1-11(2)15(18)13-7-8-17(10-13)9-12-5-3-4-6-14(12)16/h3-8,10-11,15,18H,9H2,1-2H3. The lowest BCUT2D eigenvalue weighted by atomic mass is 10.0. The molecule has 0 fully saturated rings. The van der Waals surface area contributed by atoms with E-state index in [0.29, 0.717) is 12.1 Å². The highest BCUT2D eigenvalue weighted by molar-refractivity contribution is 5.20. The van der Waals surface area contributed by atoms with E-state index in [-0.39, 0.29) is 11.7 Å². The lowest BCUT2D eigenvalue weighted by molar-refractivity contribution is 0.127. The first-order valence-corrected chi connectivity index (χ1v) is 6.15. The first-order chi connectivity index (χ1) is 8.58. The van der Waals surface area contributed by atoms with Gasteiger partial charge in [0.1, 0.15) is 5.82 Å². The van der Waals surface area contributed by atoms with Crippen LogP contribution in [0.25, 0.3) is 0 Å². The van der Waals surface area contributed by atoms with Crippen LogP contribution in [0, 0.1) is 11.7 Å². The third-order valence-corrected chi connectivity index (χ3v) is 3.06. The van der Waals surface area contributed by atoms with Gasteiger partial charge in [-0.1, -0.05) is 32.0 Å². The Labute approximate surface area is 107 Å². The number of rotatable bonds is 4. The van der Waals surface area contributed by atoms with E-state index >= 15 is 0 Å². The minimum absolute atomic E-state index is 0.175. The molecule has 2 nitrogen and oxygen atoms in total. The molecule has 0 bridgehead atoms. The Morgan fingerprint density at radius 3 is 2.61 bits per heavy atom. The van der Waals surface area contributed by atoms with Crippen molar-refractivity contribution in [2.75, 3.05) is 0 Å². The monoisotopic (exact) mass is 247 g/mol. The van der Waals surface area contributed by atoms with E-state index in [1.807, 2.05) is 42.9 Å². The second-order valence-corrected chi connectivity index (χ2v) is 4.90. The summed E-state index contributed by atoms with van der Waals surface area (Å²) in [6, 6.07) is 8.62. The fourth-order valence-electron chi connectivity index (χ4n) is 1.94. The lowest BCUT2D eigenvalue weighted by Gasteiger charge is -2.12. The highest BCUT2D eigenvalue weighted by Gasteiger charge is 2.13. The summed E-state index contributed by atoms with van der Waals surface area (Å²) >= 11 is 0. The minimum atomic E-state index is -0.466. The first kappa shape index (κ1) is 12.8. The summed E-state index contributed by atoms with van der Waals surface area (Å²) in [6.07, 6.45) is 3.27. The molecule has 1 heterocycles. The second kappa shape index (κ2) is 5.36. The first-order valence-electron chi connectivity index (χ1n) is 6.15. The molecule has 96 valence electrons. The SMILES string of the molecule is CC(C)C(O)c1ccn(Cc2ccccc2F)c1. The maximum absolute atomic E-state index is 13.5. The smallest absolute Gasteiger partial charge is 0.128 e. The Morgan fingerprint density at radius 2 is 1.94 bits per heavy atom. The van der Waals surface area contributed by atoms with Gasteiger partial charge in [0, 0.05) is 24.5 Å². The van der Waals surface area contributed by atoms with Gasteiger partial charge in [0.2, 0.25) is 0 Å². The van der Waals surface area contributed by atoms with Crippen molar-refractivity contribution < 1.29 is 9.50 Å². The van der Waals surface area contributed by atoms with Crippen LogP contribution < -0.4 is 0 Å². The molecular weight excluding hydrogens is 229 g/mol. The molecule has 0 aliphatic rings. The van der Waals surface area contributed by atoms with Gasteiger partial charge in [0.25, 0.3) is 0 Å². The van der Waals surface area contributed by atoms with Crippen LogP contribution in [0.4, 0.5) is 4.39 Å². The summed E-state index contributed by atoms with van der Waals surface area (Å²) in [5.74, 6) is -0.0218. The van der Waals surface area contributed by atoms with Crippen LogP contribution >= 0.6 is 0 Å². The second-order valence-electron chi connectivity index (χ2n) is 4.90. The molecule has 1 N–H and O–H groups in total. The van der Waals surface area contributed by atoms with Gasteiger partial charge < -0.3 is 9.67 Å². The van der Waals surface area contributed by atoms with Crippen LogP contribution in [0.15, 0.2) is 42.7 Å². The molecule has 0 radical (unpaired) electrons. The van der Waals surface area contributed by atoms with Gasteiger partial charge in [-0.05, 0) is 23.6 Å². The Morgan fingerprint density at radius 1 is 1.22 bits per heavy atom. The molecule has 0 aliphatic carbocycles. The van der Waals surface area contributed by atoms with Crippen LogP contribution in [-0.4, -0.2) is 9.67 Å². The van der Waals surface area contributed by atoms with Crippen LogP contribution in [0.3, 0.4) is 0 Å². The Balaban J connectivity index is 2.14. The third kappa shape index (κ3) is 2.79. The zero-order chi connectivity index (χ0) is 13.1. The van der Waals surface area contributed by atoms with Crippen LogP contribution in [-0.2, 0) is 6.54 Å². The van der Waals surface area contributed by atoms with E-state index in [9.17, 15) is 9.50 Å². The molecular formula is C15H18FNO. The molecule has 0 saturated carbocycles. The fraction of sp³-hybridized carbons (Fsp3) is 0.333. The van der Waals surface area contributed by atoms with E-state index in [1.165, 1.54) is 6.07 Å². The summed E-state index contributed by atoms with van der Waals surface area (Å²) in [6.45, 7) is 4.43. The predicted molar refractivity (Wildman–Crippen MR) is 69.7 cm³/mol. The molecule has 1 unspecified atom stereocenters. The number of aromatic nitrogens is 1. The van der Waals surface area contributed by atoms with Crippen molar-refractivity contribution in [1.29, 1.82) is 0 Å². The Bertz CT molecular complexity index is 519.